The van der Waals surface area contributed by atoms with E-state index in [1.165, 1.54) is 69.9 Å². The number of benzene rings is 2. The molecular formula is C36H49N5O6. The molecule has 0 radical (unpaired) electrons. The maximum atomic E-state index is 12.4. The Kier molecular flexibility index (Phi) is 14.4. The molecule has 11 heteroatoms. The second-order valence-electron chi connectivity index (χ2n) is 11.8. The highest BCUT2D eigenvalue weighted by Crippen LogP contribution is 2.29. The van der Waals surface area contributed by atoms with Crippen molar-refractivity contribution in [2.45, 2.75) is 97.3 Å². The van der Waals surface area contributed by atoms with E-state index < -0.39 is 5.97 Å². The molecule has 11 nitrogen and oxygen atoms in total. The molecule has 3 N–H and O–H groups in total. The van der Waals surface area contributed by atoms with E-state index in [1.807, 2.05) is 31.2 Å². The van der Waals surface area contributed by atoms with Crippen LogP contribution in [0.1, 0.15) is 106 Å². The van der Waals surface area contributed by atoms with Crippen LogP contribution in [0.2, 0.25) is 0 Å². The van der Waals surface area contributed by atoms with Crippen molar-refractivity contribution in [2.75, 3.05) is 19.8 Å². The second-order valence-corrected chi connectivity index (χ2v) is 11.8. The van der Waals surface area contributed by atoms with Gasteiger partial charge in [-0.15, -0.1) is 10.2 Å². The zero-order valence-corrected chi connectivity index (χ0v) is 27.8. The molecule has 0 atom stereocenters. The quantitative estimate of drug-likeness (QED) is 0.0697. The first-order valence-electron chi connectivity index (χ1n) is 17.0. The Balaban J connectivity index is 1.06. The largest absolute Gasteiger partial charge is 0.494 e. The Hall–Kier alpha value is -4.54. The van der Waals surface area contributed by atoms with Crippen LogP contribution in [0.3, 0.4) is 0 Å². The smallest absolute Gasteiger partial charge is 0.335 e. The Bertz CT molecular complexity index is 1510. The summed E-state index contributed by atoms with van der Waals surface area (Å²) in [4.78, 5) is 23.5. The van der Waals surface area contributed by atoms with E-state index in [1.54, 1.807) is 16.6 Å². The third-order valence-electron chi connectivity index (χ3n) is 7.95. The number of unbranched alkanes of at least 4 members (excludes halogenated alkanes) is 9. The lowest BCUT2D eigenvalue weighted by Gasteiger charge is -2.09. The van der Waals surface area contributed by atoms with Gasteiger partial charge in [-0.05, 0) is 68.3 Å². The average Bonchev–Trinajstić information content (AvgIpc) is 3.60. The maximum absolute atomic E-state index is 12.4. The summed E-state index contributed by atoms with van der Waals surface area (Å²) in [7, 11) is 0. The first kappa shape index (κ1) is 35.3. The highest BCUT2D eigenvalue weighted by Gasteiger charge is 2.17. The molecule has 2 aromatic heterocycles. The number of nitrogens with one attached hydrogen (secondary N) is 2. The first-order valence-corrected chi connectivity index (χ1v) is 17.0. The summed E-state index contributed by atoms with van der Waals surface area (Å²) in [6.07, 6.45) is 14.5. The van der Waals surface area contributed by atoms with E-state index in [0.717, 1.165) is 30.2 Å². The third-order valence-corrected chi connectivity index (χ3v) is 7.95. The molecule has 0 aliphatic rings. The maximum Gasteiger partial charge on any atom is 0.335 e. The van der Waals surface area contributed by atoms with Crippen LogP contribution in [0.15, 0.2) is 48.5 Å². The number of carboxylic acids is 1. The molecule has 0 bridgehead atoms. The predicted molar refractivity (Wildman–Crippen MR) is 181 cm³/mol. The van der Waals surface area contributed by atoms with Crippen LogP contribution >= 0.6 is 0 Å². The highest BCUT2D eigenvalue weighted by molar-refractivity contribution is 5.87. The zero-order chi connectivity index (χ0) is 33.3. The summed E-state index contributed by atoms with van der Waals surface area (Å²) in [6, 6.07) is 13.8. The van der Waals surface area contributed by atoms with Gasteiger partial charge < -0.3 is 24.6 Å². The fourth-order valence-corrected chi connectivity index (χ4v) is 5.27. The van der Waals surface area contributed by atoms with Gasteiger partial charge in [0.2, 0.25) is 11.6 Å². The number of fused-ring (bicyclic) bond motifs is 1. The molecule has 2 heterocycles. The second kappa shape index (κ2) is 19.2. The molecule has 0 spiro atoms. The number of aromatic nitrogens is 4. The highest BCUT2D eigenvalue weighted by atomic mass is 16.5. The average molecular weight is 648 g/mol. The summed E-state index contributed by atoms with van der Waals surface area (Å²) in [5.74, 6) is 2.20. The summed E-state index contributed by atoms with van der Waals surface area (Å²) >= 11 is 0. The number of hydrogen-bond donors (Lipinski definition) is 3. The van der Waals surface area contributed by atoms with Crippen molar-refractivity contribution in [3.8, 4) is 23.0 Å². The predicted octanol–water partition coefficient (Wildman–Crippen LogP) is 7.67. The van der Waals surface area contributed by atoms with Gasteiger partial charge in [0.05, 0.1) is 24.5 Å². The SMILES string of the molecule is CCCCCCCCCCCCOc1ccc(OCCCC(=O)NCCc2nnc3c(Oc4ccc(C(=O)O)cc4)c(C)[nH]n23)cc1. The molecule has 1 amide bonds. The van der Waals surface area contributed by atoms with Crippen LogP contribution in [0.25, 0.3) is 5.65 Å². The van der Waals surface area contributed by atoms with Crippen LogP contribution in [-0.4, -0.2) is 56.6 Å². The molecule has 4 aromatic rings. The molecule has 0 aliphatic carbocycles. The number of carbonyl (C=O) groups is 2. The number of ether oxygens (including phenoxy) is 3. The molecular weight excluding hydrogens is 598 g/mol. The molecule has 0 aliphatic heterocycles. The number of aromatic carboxylic acids is 1. The summed E-state index contributed by atoms with van der Waals surface area (Å²) in [5, 5.41) is 23.7. The topological polar surface area (TPSA) is 140 Å². The Morgan fingerprint density at radius 1 is 0.787 bits per heavy atom. The number of aromatic amines is 1. The van der Waals surface area contributed by atoms with E-state index in [-0.39, 0.29) is 11.5 Å². The van der Waals surface area contributed by atoms with Crippen molar-refractivity contribution in [1.29, 1.82) is 0 Å². The number of rotatable bonds is 23. The molecule has 0 fully saturated rings. The minimum Gasteiger partial charge on any atom is -0.494 e. The molecule has 0 saturated carbocycles. The van der Waals surface area contributed by atoms with Gasteiger partial charge in [-0.3, -0.25) is 9.89 Å². The van der Waals surface area contributed by atoms with Crippen LogP contribution in [0.5, 0.6) is 23.0 Å². The fraction of sp³-hybridized carbons (Fsp3) is 0.500. The van der Waals surface area contributed by atoms with Crippen LogP contribution in [0.4, 0.5) is 0 Å². The molecule has 2 aromatic carbocycles. The number of carboxylic acid groups (broad SMARTS) is 1. The van der Waals surface area contributed by atoms with Gasteiger partial charge in [0.1, 0.15) is 17.2 Å². The summed E-state index contributed by atoms with van der Waals surface area (Å²) in [6.45, 7) is 5.70. The van der Waals surface area contributed by atoms with Gasteiger partial charge >= 0.3 is 5.97 Å². The van der Waals surface area contributed by atoms with E-state index >= 15 is 0 Å². The molecule has 47 heavy (non-hydrogen) atoms. The number of nitrogens with zero attached hydrogens (tertiary/aromatic N) is 3. The van der Waals surface area contributed by atoms with Crippen molar-refractivity contribution < 1.29 is 28.9 Å². The Labute approximate surface area is 277 Å². The van der Waals surface area contributed by atoms with Gasteiger partial charge in [0.15, 0.2) is 11.6 Å². The van der Waals surface area contributed by atoms with E-state index in [4.69, 9.17) is 19.3 Å². The van der Waals surface area contributed by atoms with Gasteiger partial charge in [0.25, 0.3) is 0 Å². The molecule has 0 unspecified atom stereocenters. The molecule has 254 valence electrons. The summed E-state index contributed by atoms with van der Waals surface area (Å²) in [5.41, 5.74) is 1.43. The lowest BCUT2D eigenvalue weighted by Crippen LogP contribution is -2.26. The standard InChI is InChI=1S/C36H49N5O6/c1-3-4-5-6-7-8-9-10-11-12-25-45-29-19-21-30(22-20-29)46-26-13-14-33(42)37-24-23-32-38-39-35-34(27(2)40-41(32)35)47-31-17-15-28(16-18-31)36(43)44/h15-22,40H,3-14,23-26H2,1-2H3,(H,37,42)(H,43,44). The van der Waals surface area contributed by atoms with Gasteiger partial charge in [-0.25, -0.2) is 9.31 Å². The lowest BCUT2D eigenvalue weighted by atomic mass is 10.1. The Morgan fingerprint density at radius 2 is 1.36 bits per heavy atom. The number of aryl methyl sites for hydroxylation is 1. The van der Waals surface area contributed by atoms with Crippen molar-refractivity contribution in [2.24, 2.45) is 0 Å². The minimum absolute atomic E-state index is 0.0541. The van der Waals surface area contributed by atoms with Crippen LogP contribution in [0, 0.1) is 6.92 Å². The van der Waals surface area contributed by atoms with E-state index in [0.29, 0.717) is 55.4 Å². The first-order chi connectivity index (χ1) is 22.9. The van der Waals surface area contributed by atoms with Gasteiger partial charge in [-0.2, -0.15) is 0 Å². The van der Waals surface area contributed by atoms with E-state index in [2.05, 4.69) is 27.5 Å². The number of carbonyl (C=O) groups excluding carboxylic acids is 1. The zero-order valence-electron chi connectivity index (χ0n) is 27.8. The summed E-state index contributed by atoms with van der Waals surface area (Å²) < 4.78 is 19.4. The Morgan fingerprint density at radius 3 is 1.98 bits per heavy atom. The van der Waals surface area contributed by atoms with Crippen LogP contribution in [-0.2, 0) is 11.2 Å². The number of H-pyrrole nitrogens is 1. The lowest BCUT2D eigenvalue weighted by molar-refractivity contribution is -0.121. The number of hydrogen-bond acceptors (Lipinski definition) is 7. The monoisotopic (exact) mass is 647 g/mol. The van der Waals surface area contributed by atoms with Crippen molar-refractivity contribution in [1.82, 2.24) is 25.1 Å². The van der Waals surface area contributed by atoms with Crippen LogP contribution < -0.4 is 19.5 Å². The molecule has 4 rings (SSSR count). The van der Waals surface area contributed by atoms with E-state index in [9.17, 15) is 9.59 Å². The van der Waals surface area contributed by atoms with Gasteiger partial charge in [-0.1, -0.05) is 64.7 Å². The number of amides is 1. The normalized spacial score (nSPS) is 11.1. The third kappa shape index (κ3) is 11.6. The fourth-order valence-electron chi connectivity index (χ4n) is 5.27. The van der Waals surface area contributed by atoms with Gasteiger partial charge in [0, 0.05) is 19.4 Å². The minimum atomic E-state index is -0.999. The van der Waals surface area contributed by atoms with Crippen molar-refractivity contribution in [3.05, 3.63) is 65.6 Å². The van der Waals surface area contributed by atoms with Crippen molar-refractivity contribution >= 4 is 17.5 Å². The van der Waals surface area contributed by atoms with Crippen molar-refractivity contribution in [3.63, 3.8) is 0 Å². The molecule has 0 saturated heterocycles.